The standard InChI is InChI=1S/2C33H46FN3O5Si.C25H40FN3O3Si.C9H10O2/c2*1-32(2,3)41-31(39)37-20-24(42-43(7,8)33(4,5)6)17-29(37)27(26-18-35-28-16-23(34)14-15-25(26)28)19-36-30(38)40-21-22-12-10-9-11-13-22;1-24(2,3)31-23(30)29-15-17(32-33(7,8)25(4,5)6)12-22(29)19(13-27)20-14-28-21-11-16(26)9-10-18(20)21;1-8(10)11-7-9-5-3-2-4-6-9/h2*9-16,18,24,27,29,35H,17,19-21H2,1-8H3,(H,36,38);9-11,14,17,19,22,28H,12-13,15,27H2,1-8H3;2-6H,7H2,1H3/t24-,27+,29+;24-,27-,29+;17-,19?,22+;/m111./s1. The summed E-state index contributed by atoms with van der Waals surface area (Å²) in [6, 6.07) is 41.5. The smallest absolute Gasteiger partial charge is 0.410 e. The number of fused-ring (bicyclic) bond motifs is 3. The van der Waals surface area contributed by atoms with Crippen molar-refractivity contribution < 1.29 is 83.6 Å². The van der Waals surface area contributed by atoms with Crippen molar-refractivity contribution in [1.29, 1.82) is 0 Å². The second-order valence-corrected chi connectivity index (χ2v) is 56.1. The molecule has 130 heavy (non-hydrogen) atoms. The van der Waals surface area contributed by atoms with Crippen LogP contribution < -0.4 is 16.4 Å². The third-order valence-corrected chi connectivity index (χ3v) is 38.7. The van der Waals surface area contributed by atoms with Crippen molar-refractivity contribution in [2.24, 2.45) is 5.73 Å². The lowest BCUT2D eigenvalue weighted by Gasteiger charge is -2.38. The van der Waals surface area contributed by atoms with E-state index in [4.69, 9.17) is 47.4 Å². The molecule has 3 aliphatic heterocycles. The maximum absolute atomic E-state index is 14.1. The summed E-state index contributed by atoms with van der Waals surface area (Å²) in [5.41, 5.74) is 11.8. The first kappa shape index (κ1) is 104. The van der Waals surface area contributed by atoms with Gasteiger partial charge in [0, 0.05) is 133 Å². The third-order valence-electron chi connectivity index (χ3n) is 25.1. The van der Waals surface area contributed by atoms with Crippen molar-refractivity contribution in [3.8, 4) is 0 Å². The fraction of sp³-hybridized carbons (Fsp3) is 0.520. The van der Waals surface area contributed by atoms with Crippen LogP contribution in [0.15, 0.2) is 164 Å². The van der Waals surface area contributed by atoms with Crippen molar-refractivity contribution in [3.63, 3.8) is 0 Å². The van der Waals surface area contributed by atoms with E-state index < -0.39 is 66.1 Å². The molecule has 9 aromatic rings. The first-order chi connectivity index (χ1) is 60.5. The van der Waals surface area contributed by atoms with Gasteiger partial charge < -0.3 is 87.7 Å². The molecule has 0 spiro atoms. The zero-order valence-corrected chi connectivity index (χ0v) is 83.9. The van der Waals surface area contributed by atoms with Crippen LogP contribution in [0.5, 0.6) is 0 Å². The number of carbonyl (C=O) groups is 6. The molecule has 3 aromatic heterocycles. The van der Waals surface area contributed by atoms with Gasteiger partial charge in [-0.1, -0.05) is 153 Å². The molecule has 12 rings (SSSR count). The summed E-state index contributed by atoms with van der Waals surface area (Å²) >= 11 is 0. The molecule has 3 saturated heterocycles. The van der Waals surface area contributed by atoms with E-state index in [1.807, 2.05) is 172 Å². The molecule has 1 unspecified atom stereocenters. The Bertz CT molecular complexity index is 5030. The molecule has 710 valence electrons. The number of halogens is 3. The highest BCUT2D eigenvalue weighted by molar-refractivity contribution is 6.75. The number of carbonyl (C=O) groups excluding carboxylic acids is 6. The summed E-state index contributed by atoms with van der Waals surface area (Å²) in [6.45, 7) is 53.7. The lowest BCUT2D eigenvalue weighted by Crippen LogP contribution is -2.46. The molecule has 6 heterocycles. The number of nitrogens with two attached hydrogens (primary N) is 1. The van der Waals surface area contributed by atoms with Gasteiger partial charge in [0.15, 0.2) is 25.0 Å². The molecule has 9 atom stereocenters. The quantitative estimate of drug-likeness (QED) is 0.0197. The lowest BCUT2D eigenvalue weighted by molar-refractivity contribution is -0.142. The van der Waals surface area contributed by atoms with Crippen molar-refractivity contribution in [2.75, 3.05) is 39.3 Å². The van der Waals surface area contributed by atoms with Crippen molar-refractivity contribution in [3.05, 3.63) is 215 Å². The molecule has 0 aliphatic carbocycles. The average Bonchev–Trinajstić information content (AvgIpc) is 1.63. The van der Waals surface area contributed by atoms with Crippen LogP contribution in [0.25, 0.3) is 32.7 Å². The van der Waals surface area contributed by atoms with E-state index in [1.54, 1.807) is 32.9 Å². The number of amides is 5. The van der Waals surface area contributed by atoms with Gasteiger partial charge in [0.1, 0.15) is 54.1 Å². The van der Waals surface area contributed by atoms with Crippen LogP contribution in [-0.2, 0) is 66.3 Å². The minimum atomic E-state index is -2.16. The van der Waals surface area contributed by atoms with Crippen LogP contribution in [0.4, 0.5) is 37.1 Å². The van der Waals surface area contributed by atoms with Gasteiger partial charge >= 0.3 is 36.4 Å². The van der Waals surface area contributed by atoms with E-state index >= 15 is 0 Å². The SMILES string of the molecule is CC(=O)OCc1ccccc1.CC(C)(C)OC(=O)N1C[C@H](O[Si](C)(C)C(C)(C)C)C[C@H]1C(CN)c1c[nH]c2cc(F)ccc12.CC(C)(C)OC(=O)N1C[C@H](O[Si](C)(C)C(C)(C)C)C[C@H]1[C@@H](CNC(=O)OCc1ccccc1)c1c[nH]c2cc(F)ccc12.CC(C)(C)OC(=O)N1C[C@H](O[Si](C)(C)C(C)(C)C)C[C@H]1[C@H](CNC(=O)OCc1ccccc1)c1c[nH]c2cc(F)ccc12. The van der Waals surface area contributed by atoms with Crippen LogP contribution in [0, 0.1) is 17.5 Å². The zero-order valence-electron chi connectivity index (χ0n) is 80.9. The monoisotopic (exact) mass is 1850 g/mol. The molecular formula is C100H142F3N9O15Si3. The molecule has 24 nitrogen and oxygen atoms in total. The lowest BCUT2D eigenvalue weighted by atomic mass is 9.89. The fourth-order valence-corrected chi connectivity index (χ4v) is 19.7. The highest BCUT2D eigenvalue weighted by atomic mass is 28.4. The van der Waals surface area contributed by atoms with Gasteiger partial charge in [-0.25, -0.2) is 37.1 Å². The van der Waals surface area contributed by atoms with E-state index in [1.165, 1.54) is 43.3 Å². The third kappa shape index (κ3) is 29.0. The molecule has 0 radical (unpaired) electrons. The normalized spacial score (nSPS) is 18.3. The number of nitrogens with one attached hydrogen (secondary N) is 5. The second kappa shape index (κ2) is 43.2. The highest BCUT2D eigenvalue weighted by Gasteiger charge is 2.51. The van der Waals surface area contributed by atoms with E-state index in [2.05, 4.69) is 127 Å². The van der Waals surface area contributed by atoms with E-state index in [9.17, 15) is 41.9 Å². The first-order valence-corrected chi connectivity index (χ1v) is 53.8. The Labute approximate surface area is 769 Å². The largest absolute Gasteiger partial charge is 0.461 e. The summed E-state index contributed by atoms with van der Waals surface area (Å²) in [7, 11) is -6.34. The molecule has 0 bridgehead atoms. The molecule has 3 aliphatic rings. The van der Waals surface area contributed by atoms with Gasteiger partial charge in [0.2, 0.25) is 0 Å². The van der Waals surface area contributed by atoms with Crippen LogP contribution in [0.3, 0.4) is 0 Å². The number of nitrogens with zero attached hydrogens (tertiary/aromatic N) is 3. The Kier molecular flexibility index (Phi) is 34.4. The fourth-order valence-electron chi connectivity index (χ4n) is 15.6. The van der Waals surface area contributed by atoms with E-state index in [-0.39, 0.29) is 125 Å². The number of esters is 1. The van der Waals surface area contributed by atoms with Gasteiger partial charge in [-0.3, -0.25) is 4.79 Å². The molecule has 7 N–H and O–H groups in total. The maximum Gasteiger partial charge on any atom is 0.410 e. The van der Waals surface area contributed by atoms with Crippen molar-refractivity contribution >= 4 is 94.1 Å². The van der Waals surface area contributed by atoms with Crippen LogP contribution in [0.2, 0.25) is 54.4 Å². The number of likely N-dealkylation sites (tertiary alicyclic amines) is 3. The number of aromatic amines is 3. The Balaban J connectivity index is 0.000000208. The van der Waals surface area contributed by atoms with Crippen LogP contribution >= 0.6 is 0 Å². The topological polar surface area (TPSA) is 293 Å². The summed E-state index contributed by atoms with van der Waals surface area (Å²) in [5, 5.41) is 8.48. The van der Waals surface area contributed by atoms with Crippen LogP contribution in [-0.4, -0.2) is 184 Å². The number of alkyl carbamates (subject to hydrolysis) is 2. The average molecular weight is 1850 g/mol. The molecule has 5 amide bonds. The Morgan fingerprint density at radius 3 is 0.915 bits per heavy atom. The minimum Gasteiger partial charge on any atom is -0.461 e. The van der Waals surface area contributed by atoms with Crippen molar-refractivity contribution in [2.45, 2.75) is 296 Å². The van der Waals surface area contributed by atoms with E-state index in [0.29, 0.717) is 63.1 Å². The Morgan fingerprint density at radius 2 is 0.662 bits per heavy atom. The number of H-pyrrole nitrogens is 3. The zero-order chi connectivity index (χ0) is 96.0. The number of benzene rings is 6. The van der Waals surface area contributed by atoms with E-state index in [0.717, 1.165) is 55.1 Å². The Hall–Kier alpha value is -9.96. The van der Waals surface area contributed by atoms with Crippen molar-refractivity contribution in [1.82, 2.24) is 40.3 Å². The van der Waals surface area contributed by atoms with Gasteiger partial charge in [-0.15, -0.1) is 0 Å². The van der Waals surface area contributed by atoms with Gasteiger partial charge in [-0.2, -0.15) is 0 Å². The summed E-state index contributed by atoms with van der Waals surface area (Å²) < 4.78 is 95.5. The first-order valence-electron chi connectivity index (χ1n) is 45.1. The predicted molar refractivity (Wildman–Crippen MR) is 513 cm³/mol. The molecule has 3 fully saturated rings. The number of ether oxygens (including phenoxy) is 6. The van der Waals surface area contributed by atoms with Gasteiger partial charge in [0.05, 0.1) is 18.3 Å². The molecule has 30 heteroatoms. The predicted octanol–water partition coefficient (Wildman–Crippen LogP) is 22.9. The van der Waals surface area contributed by atoms with Crippen LogP contribution in [0.1, 0.15) is 202 Å². The number of rotatable bonds is 23. The highest BCUT2D eigenvalue weighted by Crippen LogP contribution is 2.47. The second-order valence-electron chi connectivity index (χ2n) is 41.8. The Morgan fingerprint density at radius 1 is 0.400 bits per heavy atom. The minimum absolute atomic E-state index is 0.00772. The summed E-state index contributed by atoms with van der Waals surface area (Å²) in [4.78, 5) is 91.5. The maximum atomic E-state index is 14.1. The summed E-state index contributed by atoms with van der Waals surface area (Å²) in [5.74, 6) is -2.08. The van der Waals surface area contributed by atoms with Gasteiger partial charge in [0.25, 0.3) is 0 Å². The number of aromatic nitrogens is 3. The molecule has 6 aromatic carbocycles. The number of hydrogen-bond acceptors (Lipinski definition) is 16. The summed E-state index contributed by atoms with van der Waals surface area (Å²) in [6.07, 6.45) is 4.55. The number of hydrogen-bond donors (Lipinski definition) is 6. The molecular weight excluding hydrogens is 1710 g/mol. The van der Waals surface area contributed by atoms with Gasteiger partial charge in [-0.05, 0) is 224 Å². The molecule has 0 saturated carbocycles.